The Labute approximate surface area is 183 Å². The van der Waals surface area contributed by atoms with E-state index < -0.39 is 5.54 Å². The van der Waals surface area contributed by atoms with Gasteiger partial charge in [0.05, 0.1) is 0 Å². The van der Waals surface area contributed by atoms with E-state index in [-0.39, 0.29) is 18.2 Å². The van der Waals surface area contributed by atoms with E-state index in [9.17, 15) is 9.59 Å². The second-order valence-corrected chi connectivity index (χ2v) is 8.48. The molecule has 3 aromatic rings. The fourth-order valence-electron chi connectivity index (χ4n) is 3.97. The Hall–Kier alpha value is -3.11. The average Bonchev–Trinajstić information content (AvgIpc) is 3.50. The summed E-state index contributed by atoms with van der Waals surface area (Å²) in [5.74, 6) is 0.0743. The van der Waals surface area contributed by atoms with Gasteiger partial charge in [0.25, 0.3) is 5.91 Å². The van der Waals surface area contributed by atoms with E-state index in [1.165, 1.54) is 18.3 Å². The third-order valence-corrected chi connectivity index (χ3v) is 6.15. The van der Waals surface area contributed by atoms with E-state index in [0.29, 0.717) is 41.2 Å². The summed E-state index contributed by atoms with van der Waals surface area (Å²) >= 11 is 1.24. The first kappa shape index (κ1) is 21.1. The van der Waals surface area contributed by atoms with E-state index in [2.05, 4.69) is 20.7 Å². The molecule has 1 N–H and O–H groups in total. The highest BCUT2D eigenvalue weighted by molar-refractivity contribution is 7.15. The second kappa shape index (κ2) is 8.94. The number of likely N-dealkylation sites (tertiary alicyclic amines) is 1. The molecule has 0 aliphatic carbocycles. The zero-order valence-corrected chi connectivity index (χ0v) is 18.1. The molecule has 1 aliphatic heterocycles. The van der Waals surface area contributed by atoms with E-state index >= 15 is 0 Å². The first-order valence-corrected chi connectivity index (χ1v) is 10.8. The van der Waals surface area contributed by atoms with Gasteiger partial charge in [-0.15, -0.1) is 10.2 Å². The van der Waals surface area contributed by atoms with E-state index in [4.69, 9.17) is 9.26 Å². The fraction of sp³-hybridized carbons (Fsp3) is 0.381. The van der Waals surface area contributed by atoms with Crippen LogP contribution in [-0.2, 0) is 27.4 Å². The number of carbonyl (C=O) groups is 2. The van der Waals surface area contributed by atoms with Gasteiger partial charge in [0, 0.05) is 38.6 Å². The van der Waals surface area contributed by atoms with Crippen molar-refractivity contribution in [3.63, 3.8) is 0 Å². The number of benzene rings is 1. The zero-order valence-electron chi connectivity index (χ0n) is 17.3. The summed E-state index contributed by atoms with van der Waals surface area (Å²) in [5, 5.41) is 16.0. The van der Waals surface area contributed by atoms with E-state index in [0.717, 1.165) is 12.0 Å². The number of hydrogen-bond acceptors (Lipinski definition) is 8. The highest BCUT2D eigenvalue weighted by Crippen LogP contribution is 2.35. The summed E-state index contributed by atoms with van der Waals surface area (Å²) in [6.07, 6.45) is 1.46. The molecule has 1 unspecified atom stereocenters. The molecule has 0 bridgehead atoms. The van der Waals surface area contributed by atoms with Gasteiger partial charge in [-0.3, -0.25) is 14.9 Å². The van der Waals surface area contributed by atoms with Crippen LogP contribution in [0, 0.1) is 0 Å². The topological polar surface area (TPSA) is 110 Å². The van der Waals surface area contributed by atoms with Crippen LogP contribution in [0.15, 0.2) is 40.9 Å². The standard InChI is InChI=1S/C21H23N5O4S/c1-14(27)26-10-6-9-21(26,19(28)22-20-24-23-18(31-20)13-29-2)12-16-11-17(25-30-16)15-7-4-3-5-8-15/h3-5,7-8,11H,6,9-10,12-13H2,1-2H3,(H,22,24,28). The third-order valence-electron chi connectivity index (χ3n) is 5.34. The Kier molecular flexibility index (Phi) is 6.10. The molecule has 2 amide bonds. The summed E-state index contributed by atoms with van der Waals surface area (Å²) in [7, 11) is 1.57. The maximum atomic E-state index is 13.4. The van der Waals surface area contributed by atoms with Gasteiger partial charge < -0.3 is 14.2 Å². The lowest BCUT2D eigenvalue weighted by atomic mass is 9.89. The van der Waals surface area contributed by atoms with Crippen molar-refractivity contribution in [1.29, 1.82) is 0 Å². The molecule has 1 fully saturated rings. The third kappa shape index (κ3) is 4.35. The van der Waals surface area contributed by atoms with Crippen molar-refractivity contribution < 1.29 is 18.8 Å². The second-order valence-electron chi connectivity index (χ2n) is 7.42. The average molecular weight is 442 g/mol. The van der Waals surface area contributed by atoms with Crippen LogP contribution in [0.2, 0.25) is 0 Å². The Morgan fingerprint density at radius 2 is 2.10 bits per heavy atom. The minimum absolute atomic E-state index is 0.159. The molecule has 3 heterocycles. The highest BCUT2D eigenvalue weighted by Gasteiger charge is 2.50. The van der Waals surface area contributed by atoms with Gasteiger partial charge in [0.15, 0.2) is 0 Å². The van der Waals surface area contributed by atoms with E-state index in [1.54, 1.807) is 12.0 Å². The number of carbonyl (C=O) groups excluding carboxylic acids is 2. The molecule has 1 aliphatic rings. The van der Waals surface area contributed by atoms with Crippen LogP contribution >= 0.6 is 11.3 Å². The summed E-state index contributed by atoms with van der Waals surface area (Å²) in [6.45, 7) is 2.30. The molecule has 162 valence electrons. The summed E-state index contributed by atoms with van der Waals surface area (Å²) in [4.78, 5) is 27.4. The number of methoxy groups -OCH3 is 1. The Morgan fingerprint density at radius 1 is 1.29 bits per heavy atom. The van der Waals surface area contributed by atoms with Crippen molar-refractivity contribution >= 4 is 28.3 Å². The number of hydrogen-bond donors (Lipinski definition) is 1. The predicted molar refractivity (Wildman–Crippen MR) is 114 cm³/mol. The van der Waals surface area contributed by atoms with Gasteiger partial charge >= 0.3 is 0 Å². The zero-order chi connectivity index (χ0) is 21.8. The number of amides is 2. The Morgan fingerprint density at radius 3 is 2.84 bits per heavy atom. The van der Waals surface area contributed by atoms with Crippen LogP contribution in [0.4, 0.5) is 5.13 Å². The summed E-state index contributed by atoms with van der Waals surface area (Å²) in [5.41, 5.74) is 0.532. The van der Waals surface area contributed by atoms with Crippen molar-refractivity contribution in [3.05, 3.63) is 47.2 Å². The number of aromatic nitrogens is 3. The van der Waals surface area contributed by atoms with Gasteiger partial charge in [-0.2, -0.15) is 0 Å². The molecule has 4 rings (SSSR count). The number of anilines is 1. The largest absolute Gasteiger partial charge is 0.377 e. The molecule has 2 aromatic heterocycles. The number of ether oxygens (including phenoxy) is 1. The molecule has 0 radical (unpaired) electrons. The number of rotatable bonds is 7. The summed E-state index contributed by atoms with van der Waals surface area (Å²) in [6, 6.07) is 11.5. The molecule has 0 saturated carbocycles. The maximum absolute atomic E-state index is 13.4. The number of nitrogens with zero attached hydrogens (tertiary/aromatic N) is 4. The molecule has 10 heteroatoms. The monoisotopic (exact) mass is 441 g/mol. The first-order valence-electron chi connectivity index (χ1n) is 9.94. The Balaban J connectivity index is 1.60. The first-order chi connectivity index (χ1) is 15.0. The molecule has 9 nitrogen and oxygen atoms in total. The molecular weight excluding hydrogens is 418 g/mol. The van der Waals surface area contributed by atoms with Gasteiger partial charge in [0.2, 0.25) is 11.0 Å². The van der Waals surface area contributed by atoms with Gasteiger partial charge in [-0.1, -0.05) is 46.8 Å². The minimum atomic E-state index is -1.08. The van der Waals surface area contributed by atoms with Crippen LogP contribution in [-0.4, -0.2) is 51.3 Å². The molecular formula is C21H23N5O4S. The van der Waals surface area contributed by atoms with Crippen molar-refractivity contribution in [3.8, 4) is 11.3 Å². The van der Waals surface area contributed by atoms with Crippen LogP contribution < -0.4 is 5.32 Å². The van der Waals surface area contributed by atoms with Gasteiger partial charge in [-0.05, 0) is 12.8 Å². The number of nitrogens with one attached hydrogen (secondary N) is 1. The van der Waals surface area contributed by atoms with Crippen LogP contribution in [0.25, 0.3) is 11.3 Å². The Bertz CT molecular complexity index is 1070. The van der Waals surface area contributed by atoms with Gasteiger partial charge in [-0.25, -0.2) is 0 Å². The smallest absolute Gasteiger partial charge is 0.252 e. The lowest BCUT2D eigenvalue weighted by Gasteiger charge is -2.35. The van der Waals surface area contributed by atoms with Crippen molar-refractivity contribution in [2.24, 2.45) is 0 Å². The van der Waals surface area contributed by atoms with Crippen LogP contribution in [0.3, 0.4) is 0 Å². The minimum Gasteiger partial charge on any atom is -0.377 e. The van der Waals surface area contributed by atoms with Crippen molar-refractivity contribution in [2.75, 3.05) is 19.0 Å². The SMILES string of the molecule is COCc1nnc(NC(=O)C2(Cc3cc(-c4ccccc4)no3)CCCN2C(C)=O)s1. The lowest BCUT2D eigenvalue weighted by molar-refractivity contribution is -0.141. The molecule has 1 aromatic carbocycles. The van der Waals surface area contributed by atoms with E-state index in [1.807, 2.05) is 36.4 Å². The normalized spacial score (nSPS) is 18.3. The lowest BCUT2D eigenvalue weighted by Crippen LogP contribution is -2.56. The van der Waals surface area contributed by atoms with Crippen LogP contribution in [0.1, 0.15) is 30.5 Å². The molecule has 1 saturated heterocycles. The quantitative estimate of drug-likeness (QED) is 0.600. The maximum Gasteiger partial charge on any atom is 0.252 e. The fourth-order valence-corrected chi connectivity index (χ4v) is 4.67. The highest BCUT2D eigenvalue weighted by atomic mass is 32.1. The van der Waals surface area contributed by atoms with Crippen molar-refractivity contribution in [1.82, 2.24) is 20.3 Å². The molecule has 31 heavy (non-hydrogen) atoms. The van der Waals surface area contributed by atoms with Crippen molar-refractivity contribution in [2.45, 2.75) is 38.3 Å². The van der Waals surface area contributed by atoms with Gasteiger partial charge in [0.1, 0.15) is 28.6 Å². The molecule has 1 atom stereocenters. The predicted octanol–water partition coefficient (Wildman–Crippen LogP) is 2.90. The van der Waals surface area contributed by atoms with Crippen LogP contribution in [0.5, 0.6) is 0 Å². The summed E-state index contributed by atoms with van der Waals surface area (Å²) < 4.78 is 10.6. The molecule has 0 spiro atoms.